The number of aliphatic hydroxyl groups excluding tert-OH is 1. The lowest BCUT2D eigenvalue weighted by atomic mass is 9.71. The summed E-state index contributed by atoms with van der Waals surface area (Å²) < 4.78 is 0. The maximum atomic E-state index is 12.3. The van der Waals surface area contributed by atoms with Crippen LogP contribution in [0.15, 0.2) is 24.3 Å². The van der Waals surface area contributed by atoms with Crippen LogP contribution in [0.1, 0.15) is 38.2 Å². The van der Waals surface area contributed by atoms with E-state index in [1.807, 2.05) is 38.1 Å². The van der Waals surface area contributed by atoms with Gasteiger partial charge in [-0.15, -0.1) is 0 Å². The molecular formula is C17H22N2O3. The maximum Gasteiger partial charge on any atom is 0.226 e. The summed E-state index contributed by atoms with van der Waals surface area (Å²) in [6.45, 7) is 4.17. The number of para-hydroxylation sites is 1. The van der Waals surface area contributed by atoms with Crippen molar-refractivity contribution in [2.24, 2.45) is 0 Å². The number of nitrogens with zero attached hydrogens (tertiary/aromatic N) is 2. The van der Waals surface area contributed by atoms with E-state index in [0.717, 1.165) is 11.3 Å². The Morgan fingerprint density at radius 2 is 1.86 bits per heavy atom. The van der Waals surface area contributed by atoms with Gasteiger partial charge >= 0.3 is 0 Å². The quantitative estimate of drug-likeness (QED) is 0.920. The largest absolute Gasteiger partial charge is 0.394 e. The molecule has 0 bridgehead atoms. The number of likely N-dealkylation sites (tertiary alicyclic amines) is 1. The van der Waals surface area contributed by atoms with Gasteiger partial charge in [-0.05, 0) is 11.6 Å². The van der Waals surface area contributed by atoms with Crippen LogP contribution in [0, 0.1) is 0 Å². The van der Waals surface area contributed by atoms with Crippen molar-refractivity contribution in [3.05, 3.63) is 29.8 Å². The SMILES string of the molecule is CCC(=O)N1C[C@H]2[C@@H](c3ccccc31)[C@@H](CO)N2C(=O)CC. The van der Waals surface area contributed by atoms with E-state index in [9.17, 15) is 14.7 Å². The van der Waals surface area contributed by atoms with E-state index < -0.39 is 0 Å². The number of fused-ring (bicyclic) bond motifs is 3. The Balaban J connectivity index is 2.01. The molecule has 1 aromatic carbocycles. The number of benzene rings is 1. The Bertz CT molecular complexity index is 601. The number of anilines is 1. The van der Waals surface area contributed by atoms with Crippen molar-refractivity contribution in [2.75, 3.05) is 18.1 Å². The molecule has 1 fully saturated rings. The molecule has 0 aliphatic carbocycles. The van der Waals surface area contributed by atoms with Gasteiger partial charge in [0, 0.05) is 31.0 Å². The third kappa shape index (κ3) is 2.03. The fraction of sp³-hybridized carbons (Fsp3) is 0.529. The highest BCUT2D eigenvalue weighted by molar-refractivity contribution is 5.95. The summed E-state index contributed by atoms with van der Waals surface area (Å²) in [6.07, 6.45) is 0.861. The summed E-state index contributed by atoms with van der Waals surface area (Å²) in [7, 11) is 0. The second-order valence-corrected chi connectivity index (χ2v) is 5.91. The minimum Gasteiger partial charge on any atom is -0.394 e. The van der Waals surface area contributed by atoms with E-state index in [2.05, 4.69) is 0 Å². The van der Waals surface area contributed by atoms with Crippen molar-refractivity contribution >= 4 is 17.5 Å². The first kappa shape index (κ1) is 15.0. The van der Waals surface area contributed by atoms with Gasteiger partial charge in [0.1, 0.15) is 0 Å². The Hall–Kier alpha value is -1.88. The van der Waals surface area contributed by atoms with Gasteiger partial charge in [0.15, 0.2) is 0 Å². The molecule has 2 amide bonds. The second kappa shape index (κ2) is 5.72. The minimum absolute atomic E-state index is 0.0185. The molecule has 5 nitrogen and oxygen atoms in total. The van der Waals surface area contributed by atoms with E-state index in [1.165, 1.54) is 0 Å². The predicted molar refractivity (Wildman–Crippen MR) is 83.6 cm³/mol. The Morgan fingerprint density at radius 3 is 2.50 bits per heavy atom. The highest BCUT2D eigenvalue weighted by Crippen LogP contribution is 2.48. The number of carbonyl (C=O) groups excluding carboxylic acids is 2. The van der Waals surface area contributed by atoms with Crippen molar-refractivity contribution in [1.29, 1.82) is 0 Å². The molecule has 5 heteroatoms. The topological polar surface area (TPSA) is 60.9 Å². The molecule has 22 heavy (non-hydrogen) atoms. The van der Waals surface area contributed by atoms with Gasteiger partial charge in [-0.1, -0.05) is 32.0 Å². The lowest BCUT2D eigenvalue weighted by Crippen LogP contribution is -2.70. The van der Waals surface area contributed by atoms with Gasteiger partial charge < -0.3 is 14.9 Å². The summed E-state index contributed by atoms with van der Waals surface area (Å²) in [6, 6.07) is 7.66. The van der Waals surface area contributed by atoms with Crippen LogP contribution in [0.25, 0.3) is 0 Å². The standard InChI is InChI=1S/C17H22N2O3/c1-3-15(21)18-9-13-17(11-7-5-6-8-12(11)18)14(10-20)19(13)16(22)4-2/h5-8,13-14,17,20H,3-4,9-10H2,1-2H3/t13-,14+,17+/m0/s1. The lowest BCUT2D eigenvalue weighted by molar-refractivity contribution is -0.150. The maximum absolute atomic E-state index is 12.3. The van der Waals surface area contributed by atoms with Crippen LogP contribution in [0.2, 0.25) is 0 Å². The van der Waals surface area contributed by atoms with Crippen LogP contribution in [0.4, 0.5) is 5.69 Å². The Morgan fingerprint density at radius 1 is 1.18 bits per heavy atom. The molecule has 2 heterocycles. The third-order valence-corrected chi connectivity index (χ3v) is 4.88. The third-order valence-electron chi connectivity index (χ3n) is 4.88. The highest BCUT2D eigenvalue weighted by Gasteiger charge is 2.54. The number of aliphatic hydroxyl groups is 1. The van der Waals surface area contributed by atoms with E-state index in [0.29, 0.717) is 19.4 Å². The van der Waals surface area contributed by atoms with E-state index in [-0.39, 0.29) is 36.4 Å². The Kier molecular flexibility index (Phi) is 3.91. The number of hydrogen-bond acceptors (Lipinski definition) is 3. The highest BCUT2D eigenvalue weighted by atomic mass is 16.3. The van der Waals surface area contributed by atoms with Crippen LogP contribution in [-0.4, -0.2) is 47.1 Å². The molecule has 1 N–H and O–H groups in total. The van der Waals surface area contributed by atoms with E-state index in [4.69, 9.17) is 0 Å². The summed E-state index contributed by atoms with van der Waals surface area (Å²) in [4.78, 5) is 28.0. The van der Waals surface area contributed by atoms with Crippen molar-refractivity contribution < 1.29 is 14.7 Å². The molecule has 2 aliphatic rings. The first-order valence-corrected chi connectivity index (χ1v) is 7.95. The molecule has 0 unspecified atom stereocenters. The van der Waals surface area contributed by atoms with Crippen LogP contribution in [-0.2, 0) is 9.59 Å². The van der Waals surface area contributed by atoms with Gasteiger partial charge in [0.05, 0.1) is 18.7 Å². The van der Waals surface area contributed by atoms with Crippen LogP contribution < -0.4 is 4.90 Å². The van der Waals surface area contributed by atoms with E-state index in [1.54, 1.807) is 9.80 Å². The molecule has 0 radical (unpaired) electrons. The fourth-order valence-corrected chi connectivity index (χ4v) is 3.84. The Labute approximate surface area is 130 Å². The molecular weight excluding hydrogens is 280 g/mol. The second-order valence-electron chi connectivity index (χ2n) is 5.91. The monoisotopic (exact) mass is 302 g/mol. The predicted octanol–water partition coefficient (Wildman–Crippen LogP) is 1.51. The molecule has 1 saturated heterocycles. The molecule has 2 aliphatic heterocycles. The molecule has 0 spiro atoms. The first-order chi connectivity index (χ1) is 10.6. The summed E-state index contributed by atoms with van der Waals surface area (Å²) in [5.41, 5.74) is 2.00. The average molecular weight is 302 g/mol. The minimum atomic E-state index is -0.169. The van der Waals surface area contributed by atoms with Crippen LogP contribution in [0.3, 0.4) is 0 Å². The summed E-state index contributed by atoms with van der Waals surface area (Å²) in [5.74, 6) is 0.239. The molecule has 0 saturated carbocycles. The number of amides is 2. The van der Waals surface area contributed by atoms with Crippen molar-refractivity contribution in [3.63, 3.8) is 0 Å². The zero-order valence-electron chi connectivity index (χ0n) is 13.0. The normalized spacial score (nSPS) is 26.0. The summed E-state index contributed by atoms with van der Waals surface area (Å²) in [5, 5.41) is 9.71. The molecule has 118 valence electrons. The fourth-order valence-electron chi connectivity index (χ4n) is 3.84. The number of hydrogen-bond donors (Lipinski definition) is 1. The molecule has 1 aromatic rings. The van der Waals surface area contributed by atoms with Gasteiger partial charge in [-0.3, -0.25) is 9.59 Å². The zero-order chi connectivity index (χ0) is 15.9. The number of rotatable bonds is 3. The number of carbonyl (C=O) groups is 2. The van der Waals surface area contributed by atoms with Crippen LogP contribution in [0.5, 0.6) is 0 Å². The van der Waals surface area contributed by atoms with Gasteiger partial charge in [-0.25, -0.2) is 0 Å². The molecule has 3 rings (SSSR count). The average Bonchev–Trinajstić information content (AvgIpc) is 2.54. The van der Waals surface area contributed by atoms with E-state index >= 15 is 0 Å². The molecule has 3 atom stereocenters. The van der Waals surface area contributed by atoms with Gasteiger partial charge in [0.2, 0.25) is 11.8 Å². The van der Waals surface area contributed by atoms with Gasteiger partial charge in [0.25, 0.3) is 0 Å². The summed E-state index contributed by atoms with van der Waals surface area (Å²) >= 11 is 0. The van der Waals surface area contributed by atoms with Crippen molar-refractivity contribution in [2.45, 2.75) is 44.7 Å². The smallest absolute Gasteiger partial charge is 0.226 e. The van der Waals surface area contributed by atoms with Crippen molar-refractivity contribution in [1.82, 2.24) is 4.90 Å². The lowest BCUT2D eigenvalue weighted by Gasteiger charge is -2.59. The van der Waals surface area contributed by atoms with Crippen LogP contribution >= 0.6 is 0 Å². The zero-order valence-corrected chi connectivity index (χ0v) is 13.0. The molecule has 0 aromatic heterocycles. The van der Waals surface area contributed by atoms with Gasteiger partial charge in [-0.2, -0.15) is 0 Å². The first-order valence-electron chi connectivity index (χ1n) is 7.95. The van der Waals surface area contributed by atoms with Crippen molar-refractivity contribution in [3.8, 4) is 0 Å².